The summed E-state index contributed by atoms with van der Waals surface area (Å²) in [5.41, 5.74) is 7.77. The lowest BCUT2D eigenvalue weighted by Crippen LogP contribution is -2.09. The highest BCUT2D eigenvalue weighted by Crippen LogP contribution is 2.24. The first-order valence-corrected chi connectivity index (χ1v) is 6.74. The normalized spacial score (nSPS) is 10.6. The van der Waals surface area contributed by atoms with E-state index in [1.165, 1.54) is 0 Å². The van der Waals surface area contributed by atoms with E-state index in [1.54, 1.807) is 6.20 Å². The van der Waals surface area contributed by atoms with E-state index in [2.05, 4.69) is 4.98 Å². The zero-order chi connectivity index (χ0) is 14.4. The third-order valence-corrected chi connectivity index (χ3v) is 2.76. The summed E-state index contributed by atoms with van der Waals surface area (Å²) in [6, 6.07) is 11.5. The topological polar surface area (TPSA) is 57.4 Å². The molecule has 1 aromatic carbocycles. The van der Waals surface area contributed by atoms with Crippen LogP contribution in [0.1, 0.15) is 19.4 Å². The number of rotatable bonds is 6. The predicted molar refractivity (Wildman–Crippen MR) is 80.1 cm³/mol. The maximum atomic E-state index is 5.90. The maximum absolute atomic E-state index is 5.90. The van der Waals surface area contributed by atoms with Gasteiger partial charge < -0.3 is 15.2 Å². The van der Waals surface area contributed by atoms with Gasteiger partial charge in [-0.15, -0.1) is 0 Å². The van der Waals surface area contributed by atoms with Crippen molar-refractivity contribution in [1.29, 1.82) is 0 Å². The van der Waals surface area contributed by atoms with Crippen molar-refractivity contribution < 1.29 is 9.47 Å². The second kappa shape index (κ2) is 6.80. The van der Waals surface area contributed by atoms with Gasteiger partial charge in [-0.3, -0.25) is 0 Å². The molecule has 0 aliphatic heterocycles. The van der Waals surface area contributed by atoms with Crippen molar-refractivity contribution in [2.75, 3.05) is 12.3 Å². The number of ether oxygens (including phenoxy) is 2. The van der Waals surface area contributed by atoms with Crippen LogP contribution in [-0.4, -0.2) is 17.7 Å². The first-order valence-electron chi connectivity index (χ1n) is 6.74. The summed E-state index contributed by atoms with van der Waals surface area (Å²) >= 11 is 0. The van der Waals surface area contributed by atoms with E-state index in [4.69, 9.17) is 15.2 Å². The van der Waals surface area contributed by atoms with Gasteiger partial charge in [-0.2, -0.15) is 0 Å². The van der Waals surface area contributed by atoms with Crippen LogP contribution in [0.15, 0.2) is 42.6 Å². The number of aromatic nitrogens is 1. The molecule has 0 radical (unpaired) electrons. The highest BCUT2D eigenvalue weighted by Gasteiger charge is 2.08. The van der Waals surface area contributed by atoms with Gasteiger partial charge >= 0.3 is 0 Å². The van der Waals surface area contributed by atoms with E-state index >= 15 is 0 Å². The highest BCUT2D eigenvalue weighted by molar-refractivity contribution is 5.46. The van der Waals surface area contributed by atoms with Gasteiger partial charge in [0.25, 0.3) is 5.88 Å². The van der Waals surface area contributed by atoms with E-state index in [-0.39, 0.29) is 6.10 Å². The molecular formula is C16H20N2O2. The van der Waals surface area contributed by atoms with Crippen molar-refractivity contribution in [3.63, 3.8) is 0 Å². The van der Waals surface area contributed by atoms with Gasteiger partial charge in [0, 0.05) is 18.3 Å². The monoisotopic (exact) mass is 272 g/mol. The van der Waals surface area contributed by atoms with E-state index in [0.29, 0.717) is 18.2 Å². The summed E-state index contributed by atoms with van der Waals surface area (Å²) in [6.07, 6.45) is 2.52. The molecule has 20 heavy (non-hydrogen) atoms. The molecule has 1 heterocycles. The Morgan fingerprint density at radius 2 is 1.95 bits per heavy atom. The molecule has 0 saturated carbocycles. The number of para-hydroxylation sites is 1. The van der Waals surface area contributed by atoms with Crippen LogP contribution in [0.2, 0.25) is 0 Å². The molecule has 4 heteroatoms. The molecule has 0 saturated heterocycles. The van der Waals surface area contributed by atoms with Gasteiger partial charge in [0.1, 0.15) is 0 Å². The zero-order valence-electron chi connectivity index (χ0n) is 11.9. The van der Waals surface area contributed by atoms with E-state index < -0.39 is 0 Å². The van der Waals surface area contributed by atoms with Crippen molar-refractivity contribution in [3.05, 3.63) is 48.2 Å². The van der Waals surface area contributed by atoms with Gasteiger partial charge in [0.2, 0.25) is 0 Å². The summed E-state index contributed by atoms with van der Waals surface area (Å²) in [4.78, 5) is 4.21. The minimum Gasteiger partial charge on any atom is -0.485 e. The van der Waals surface area contributed by atoms with Crippen LogP contribution >= 0.6 is 0 Å². The second-order valence-electron chi connectivity index (χ2n) is 4.77. The number of hydrogen-bond donors (Lipinski definition) is 1. The third-order valence-electron chi connectivity index (χ3n) is 2.76. The largest absolute Gasteiger partial charge is 0.485 e. The Balaban J connectivity index is 1.96. The molecule has 106 valence electrons. The molecule has 0 unspecified atom stereocenters. The summed E-state index contributed by atoms with van der Waals surface area (Å²) < 4.78 is 11.4. The molecule has 0 bridgehead atoms. The fourth-order valence-electron chi connectivity index (χ4n) is 1.85. The Bertz CT molecular complexity index is 556. The number of nitrogens with two attached hydrogens (primary N) is 1. The minimum absolute atomic E-state index is 0.0892. The van der Waals surface area contributed by atoms with E-state index in [9.17, 15) is 0 Å². The SMILES string of the molecule is CC(C)Oc1cccnc1OCCc1ccccc1N. The molecule has 0 spiro atoms. The number of nitrogen functional groups attached to an aromatic ring is 1. The molecule has 0 aliphatic carbocycles. The van der Waals surface area contributed by atoms with Crippen LogP contribution in [0.5, 0.6) is 11.6 Å². The highest BCUT2D eigenvalue weighted by atomic mass is 16.5. The number of pyridine rings is 1. The van der Waals surface area contributed by atoms with Crippen molar-refractivity contribution in [2.45, 2.75) is 26.4 Å². The summed E-state index contributed by atoms with van der Waals surface area (Å²) in [6.45, 7) is 4.46. The van der Waals surface area contributed by atoms with Gasteiger partial charge in [-0.25, -0.2) is 4.98 Å². The second-order valence-corrected chi connectivity index (χ2v) is 4.77. The first-order chi connectivity index (χ1) is 9.66. The molecule has 2 rings (SSSR count). The molecular weight excluding hydrogens is 252 g/mol. The van der Waals surface area contributed by atoms with Crippen LogP contribution in [0.4, 0.5) is 5.69 Å². The van der Waals surface area contributed by atoms with Crippen molar-refractivity contribution >= 4 is 5.69 Å². The Labute approximate surface area is 119 Å². The average molecular weight is 272 g/mol. The van der Waals surface area contributed by atoms with Crippen LogP contribution in [0.3, 0.4) is 0 Å². The minimum atomic E-state index is 0.0892. The quantitative estimate of drug-likeness (QED) is 0.821. The Kier molecular flexibility index (Phi) is 4.82. The van der Waals surface area contributed by atoms with Crippen LogP contribution in [0.25, 0.3) is 0 Å². The lowest BCUT2D eigenvalue weighted by molar-refractivity contribution is 0.217. The van der Waals surface area contributed by atoms with E-state index in [1.807, 2.05) is 50.2 Å². The predicted octanol–water partition coefficient (Wildman–Crippen LogP) is 3.07. The molecule has 0 aliphatic rings. The molecule has 1 aromatic heterocycles. The molecule has 0 fully saturated rings. The summed E-state index contributed by atoms with van der Waals surface area (Å²) in [5, 5.41) is 0. The van der Waals surface area contributed by atoms with E-state index in [0.717, 1.165) is 17.7 Å². The van der Waals surface area contributed by atoms with Gasteiger partial charge in [-0.1, -0.05) is 18.2 Å². The Morgan fingerprint density at radius 3 is 2.70 bits per heavy atom. The third kappa shape index (κ3) is 3.88. The fourth-order valence-corrected chi connectivity index (χ4v) is 1.85. The van der Waals surface area contributed by atoms with Gasteiger partial charge in [0.15, 0.2) is 5.75 Å². The number of nitrogens with zero attached hydrogens (tertiary/aromatic N) is 1. The first kappa shape index (κ1) is 14.2. The molecule has 4 nitrogen and oxygen atoms in total. The van der Waals surface area contributed by atoms with Crippen molar-refractivity contribution in [1.82, 2.24) is 4.98 Å². The molecule has 2 aromatic rings. The summed E-state index contributed by atoms with van der Waals surface area (Å²) in [5.74, 6) is 1.19. The van der Waals surface area contributed by atoms with Crippen LogP contribution < -0.4 is 15.2 Å². The molecule has 0 amide bonds. The Hall–Kier alpha value is -2.23. The van der Waals surface area contributed by atoms with Crippen LogP contribution in [-0.2, 0) is 6.42 Å². The lowest BCUT2D eigenvalue weighted by Gasteiger charge is -2.14. The fraction of sp³-hybridized carbons (Fsp3) is 0.312. The number of benzene rings is 1. The smallest absolute Gasteiger partial charge is 0.257 e. The summed E-state index contributed by atoms with van der Waals surface area (Å²) in [7, 11) is 0. The number of hydrogen-bond acceptors (Lipinski definition) is 4. The van der Waals surface area contributed by atoms with Crippen LogP contribution in [0, 0.1) is 0 Å². The van der Waals surface area contributed by atoms with Gasteiger partial charge in [-0.05, 0) is 37.6 Å². The maximum Gasteiger partial charge on any atom is 0.257 e. The Morgan fingerprint density at radius 1 is 1.15 bits per heavy atom. The lowest BCUT2D eigenvalue weighted by atomic mass is 10.1. The molecule has 2 N–H and O–H groups in total. The van der Waals surface area contributed by atoms with Crippen molar-refractivity contribution in [2.24, 2.45) is 0 Å². The molecule has 0 atom stereocenters. The van der Waals surface area contributed by atoms with Crippen molar-refractivity contribution in [3.8, 4) is 11.6 Å². The standard InChI is InChI=1S/C16H20N2O2/c1-12(2)20-15-8-5-10-18-16(15)19-11-9-13-6-3-4-7-14(13)17/h3-8,10,12H,9,11,17H2,1-2H3. The van der Waals surface area contributed by atoms with Gasteiger partial charge in [0.05, 0.1) is 12.7 Å². The number of anilines is 1. The average Bonchev–Trinajstić information content (AvgIpc) is 2.42. The zero-order valence-corrected chi connectivity index (χ0v) is 11.9.